The Morgan fingerprint density at radius 3 is 2.96 bits per heavy atom. The first-order chi connectivity index (χ1) is 11.8. The van der Waals surface area contributed by atoms with E-state index in [1.165, 1.54) is 5.56 Å². The summed E-state index contributed by atoms with van der Waals surface area (Å²) >= 11 is 0. The van der Waals surface area contributed by atoms with Gasteiger partial charge in [-0.05, 0) is 30.4 Å². The lowest BCUT2D eigenvalue weighted by molar-refractivity contribution is -0.134. The Morgan fingerprint density at radius 2 is 2.21 bits per heavy atom. The minimum atomic E-state index is -0.0236. The predicted molar refractivity (Wildman–Crippen MR) is 92.4 cm³/mol. The fourth-order valence-electron chi connectivity index (χ4n) is 3.32. The molecule has 1 fully saturated rings. The molecule has 0 bridgehead atoms. The number of nitrogens with one attached hydrogen (secondary N) is 1. The summed E-state index contributed by atoms with van der Waals surface area (Å²) in [6.45, 7) is 4.17. The Hall–Kier alpha value is -2.14. The predicted octanol–water partition coefficient (Wildman–Crippen LogP) is 2.75. The monoisotopic (exact) mass is 327 g/mol. The van der Waals surface area contributed by atoms with Gasteiger partial charge in [-0.15, -0.1) is 0 Å². The molecule has 5 heteroatoms. The summed E-state index contributed by atoms with van der Waals surface area (Å²) in [6.07, 6.45) is 8.35. The van der Waals surface area contributed by atoms with E-state index >= 15 is 0 Å². The van der Waals surface area contributed by atoms with E-state index in [1.807, 2.05) is 22.9 Å². The van der Waals surface area contributed by atoms with Crippen molar-refractivity contribution < 1.29 is 9.53 Å². The van der Waals surface area contributed by atoms with Gasteiger partial charge in [0, 0.05) is 32.1 Å². The molecule has 0 aliphatic carbocycles. The number of ether oxygens (including phenoxy) is 1. The van der Waals surface area contributed by atoms with Gasteiger partial charge < -0.3 is 14.6 Å². The molecule has 24 heavy (non-hydrogen) atoms. The molecule has 0 spiro atoms. The molecule has 1 aromatic heterocycles. The first kappa shape index (κ1) is 16.7. The van der Waals surface area contributed by atoms with Crippen LogP contribution < -0.4 is 5.32 Å². The zero-order valence-electron chi connectivity index (χ0n) is 14.1. The topological polar surface area (TPSA) is 56.1 Å². The summed E-state index contributed by atoms with van der Waals surface area (Å²) in [5.74, 6) is 0.0866. The third kappa shape index (κ3) is 4.03. The maximum Gasteiger partial charge on any atom is 0.225 e. The van der Waals surface area contributed by atoms with Crippen molar-refractivity contribution in [2.45, 2.75) is 45.4 Å². The average Bonchev–Trinajstić information content (AvgIpc) is 3.13. The first-order valence-corrected chi connectivity index (χ1v) is 8.69. The molecule has 5 nitrogen and oxygen atoms in total. The summed E-state index contributed by atoms with van der Waals surface area (Å²) in [4.78, 5) is 16.6. The number of rotatable bonds is 6. The van der Waals surface area contributed by atoms with E-state index in [0.717, 1.165) is 38.0 Å². The normalized spacial score (nSPS) is 20.7. The zero-order valence-corrected chi connectivity index (χ0v) is 14.1. The van der Waals surface area contributed by atoms with E-state index in [9.17, 15) is 4.79 Å². The number of imidazole rings is 1. The van der Waals surface area contributed by atoms with Gasteiger partial charge in [0.2, 0.25) is 5.91 Å². The summed E-state index contributed by atoms with van der Waals surface area (Å²) in [6, 6.07) is 8.21. The molecule has 128 valence electrons. The number of nitrogens with zero attached hydrogens (tertiary/aromatic N) is 2. The van der Waals surface area contributed by atoms with E-state index in [2.05, 4.69) is 29.4 Å². The quantitative estimate of drug-likeness (QED) is 0.887. The highest BCUT2D eigenvalue weighted by atomic mass is 16.5. The Bertz CT molecular complexity index is 654. The van der Waals surface area contributed by atoms with E-state index < -0.39 is 0 Å². The average molecular weight is 327 g/mol. The van der Waals surface area contributed by atoms with Crippen LogP contribution >= 0.6 is 0 Å². The summed E-state index contributed by atoms with van der Waals surface area (Å²) in [5.41, 5.74) is 2.34. The lowest BCUT2D eigenvalue weighted by atomic mass is 9.91. The van der Waals surface area contributed by atoms with Gasteiger partial charge in [-0.2, -0.15) is 0 Å². The third-order valence-corrected chi connectivity index (χ3v) is 4.66. The largest absolute Gasteiger partial charge is 0.377 e. The van der Waals surface area contributed by atoms with Crippen LogP contribution in [-0.4, -0.2) is 28.2 Å². The number of aromatic nitrogens is 2. The molecule has 2 atom stereocenters. The molecule has 3 rings (SSSR count). The summed E-state index contributed by atoms with van der Waals surface area (Å²) in [7, 11) is 0. The maximum atomic E-state index is 12.6. The van der Waals surface area contributed by atoms with Crippen molar-refractivity contribution >= 4 is 5.91 Å². The zero-order chi connectivity index (χ0) is 16.8. The molecule has 1 saturated heterocycles. The van der Waals surface area contributed by atoms with Gasteiger partial charge in [-0.25, -0.2) is 4.98 Å². The Labute approximate surface area is 143 Å². The molecule has 0 radical (unpaired) electrons. The van der Waals surface area contributed by atoms with Crippen molar-refractivity contribution in [3.8, 4) is 0 Å². The van der Waals surface area contributed by atoms with Gasteiger partial charge in [0.05, 0.1) is 18.3 Å². The lowest BCUT2D eigenvalue weighted by Gasteiger charge is -2.30. The third-order valence-electron chi connectivity index (χ3n) is 4.66. The molecule has 1 N–H and O–H groups in total. The second-order valence-electron chi connectivity index (χ2n) is 6.29. The van der Waals surface area contributed by atoms with Gasteiger partial charge in [0.25, 0.3) is 0 Å². The minimum absolute atomic E-state index is 0.0236. The lowest BCUT2D eigenvalue weighted by Crippen LogP contribution is -2.41. The number of hydrogen-bond acceptors (Lipinski definition) is 3. The molecule has 1 aliphatic heterocycles. The second-order valence-corrected chi connectivity index (χ2v) is 6.29. The fraction of sp³-hybridized carbons (Fsp3) is 0.474. The first-order valence-electron chi connectivity index (χ1n) is 8.69. The Morgan fingerprint density at radius 1 is 1.38 bits per heavy atom. The van der Waals surface area contributed by atoms with Crippen LogP contribution in [0.4, 0.5) is 0 Å². The van der Waals surface area contributed by atoms with E-state index in [1.54, 1.807) is 12.5 Å². The van der Waals surface area contributed by atoms with Gasteiger partial charge in [-0.1, -0.05) is 31.2 Å². The summed E-state index contributed by atoms with van der Waals surface area (Å²) in [5, 5.41) is 3.11. The molecule has 0 unspecified atom stereocenters. The van der Waals surface area contributed by atoms with Crippen LogP contribution in [0, 0.1) is 5.92 Å². The van der Waals surface area contributed by atoms with Crippen LogP contribution in [0.2, 0.25) is 0 Å². The molecule has 2 aromatic rings. The molecular formula is C19H25N3O2. The van der Waals surface area contributed by atoms with Crippen molar-refractivity contribution in [2.75, 3.05) is 6.61 Å². The minimum Gasteiger partial charge on any atom is -0.377 e. The van der Waals surface area contributed by atoms with Crippen molar-refractivity contribution in [3.05, 3.63) is 54.1 Å². The van der Waals surface area contributed by atoms with Crippen LogP contribution in [-0.2, 0) is 22.6 Å². The van der Waals surface area contributed by atoms with Crippen molar-refractivity contribution in [3.63, 3.8) is 0 Å². The van der Waals surface area contributed by atoms with Gasteiger partial charge in [-0.3, -0.25) is 4.79 Å². The molecule has 1 aromatic carbocycles. The highest BCUT2D eigenvalue weighted by Crippen LogP contribution is 2.23. The van der Waals surface area contributed by atoms with Crippen molar-refractivity contribution in [1.82, 2.24) is 14.9 Å². The number of benzene rings is 1. The molecule has 2 heterocycles. The number of hydrogen-bond donors (Lipinski definition) is 1. The molecule has 0 saturated carbocycles. The standard InChI is InChI=1S/C19H25N3O2/c1-2-18-17(8-5-11-24-18)19(23)21-12-15-6-3-4-7-16(15)13-22-10-9-20-14-22/h3-4,6-7,9-10,14,17-18H,2,5,8,11-13H2,1H3,(H,21,23)/t17-,18+/m0/s1. The molecule has 1 aliphatic rings. The molecular weight excluding hydrogens is 302 g/mol. The highest BCUT2D eigenvalue weighted by Gasteiger charge is 2.30. The van der Waals surface area contributed by atoms with Crippen LogP contribution in [0.1, 0.15) is 37.3 Å². The van der Waals surface area contributed by atoms with Crippen LogP contribution in [0.25, 0.3) is 0 Å². The number of carbonyl (C=O) groups is 1. The van der Waals surface area contributed by atoms with E-state index in [-0.39, 0.29) is 17.9 Å². The van der Waals surface area contributed by atoms with Gasteiger partial charge in [0.1, 0.15) is 0 Å². The number of amides is 1. The number of carbonyl (C=O) groups excluding carboxylic acids is 1. The van der Waals surface area contributed by atoms with Crippen LogP contribution in [0.5, 0.6) is 0 Å². The highest BCUT2D eigenvalue weighted by molar-refractivity contribution is 5.79. The van der Waals surface area contributed by atoms with Crippen LogP contribution in [0.15, 0.2) is 43.0 Å². The van der Waals surface area contributed by atoms with Crippen molar-refractivity contribution in [1.29, 1.82) is 0 Å². The van der Waals surface area contributed by atoms with Crippen molar-refractivity contribution in [2.24, 2.45) is 5.92 Å². The van der Waals surface area contributed by atoms with E-state index in [0.29, 0.717) is 6.54 Å². The second kappa shape index (κ2) is 8.11. The van der Waals surface area contributed by atoms with E-state index in [4.69, 9.17) is 4.74 Å². The SMILES string of the molecule is CC[C@H]1OCCC[C@@H]1C(=O)NCc1ccccc1Cn1ccnc1. The Kier molecular flexibility index (Phi) is 5.64. The molecule has 1 amide bonds. The summed E-state index contributed by atoms with van der Waals surface area (Å²) < 4.78 is 7.77. The maximum absolute atomic E-state index is 12.6. The smallest absolute Gasteiger partial charge is 0.225 e. The Balaban J connectivity index is 1.63. The fourth-order valence-corrected chi connectivity index (χ4v) is 3.32. The van der Waals surface area contributed by atoms with Gasteiger partial charge >= 0.3 is 0 Å². The van der Waals surface area contributed by atoms with Gasteiger partial charge in [0.15, 0.2) is 0 Å². The van der Waals surface area contributed by atoms with Crippen LogP contribution in [0.3, 0.4) is 0 Å².